The SMILES string of the molecule is CC1(C)COC(=O)C1OC1OC(CO)C(O)C(O)C1O. The number of hydrogen-bond acceptors (Lipinski definition) is 8. The summed E-state index contributed by atoms with van der Waals surface area (Å²) in [5, 5.41) is 38.2. The molecule has 20 heavy (non-hydrogen) atoms. The molecule has 0 saturated carbocycles. The van der Waals surface area contributed by atoms with Gasteiger partial charge in [-0.1, -0.05) is 13.8 Å². The molecule has 0 aromatic carbocycles. The Kier molecular flexibility index (Phi) is 4.33. The van der Waals surface area contributed by atoms with Gasteiger partial charge in [-0.3, -0.25) is 0 Å². The van der Waals surface area contributed by atoms with Gasteiger partial charge in [-0.25, -0.2) is 4.79 Å². The molecule has 0 radical (unpaired) electrons. The largest absolute Gasteiger partial charge is 0.463 e. The molecule has 0 aromatic heterocycles. The highest BCUT2D eigenvalue weighted by atomic mass is 16.7. The summed E-state index contributed by atoms with van der Waals surface area (Å²) in [7, 11) is 0. The molecular formula is C12H20O8. The monoisotopic (exact) mass is 292 g/mol. The van der Waals surface area contributed by atoms with Crippen LogP contribution < -0.4 is 0 Å². The van der Waals surface area contributed by atoms with Gasteiger partial charge in [0.05, 0.1) is 13.2 Å². The highest BCUT2D eigenvalue weighted by Gasteiger charge is 2.50. The zero-order chi connectivity index (χ0) is 15.1. The number of aliphatic hydroxyl groups is 4. The molecule has 2 heterocycles. The van der Waals surface area contributed by atoms with Gasteiger partial charge >= 0.3 is 5.97 Å². The van der Waals surface area contributed by atoms with Crippen LogP contribution in [0.4, 0.5) is 0 Å². The molecule has 2 fully saturated rings. The van der Waals surface area contributed by atoms with Gasteiger partial charge in [0, 0.05) is 5.41 Å². The van der Waals surface area contributed by atoms with E-state index in [0.717, 1.165) is 0 Å². The van der Waals surface area contributed by atoms with E-state index in [9.17, 15) is 20.1 Å². The summed E-state index contributed by atoms with van der Waals surface area (Å²) in [5.41, 5.74) is -0.601. The number of rotatable bonds is 3. The quantitative estimate of drug-likeness (QED) is 0.430. The summed E-state index contributed by atoms with van der Waals surface area (Å²) in [6.45, 7) is 3.14. The van der Waals surface area contributed by atoms with E-state index >= 15 is 0 Å². The lowest BCUT2D eigenvalue weighted by Gasteiger charge is -2.41. The standard InChI is InChI=1S/C12H20O8/c1-12(2)4-18-10(17)9(12)20-11-8(16)7(15)6(14)5(3-13)19-11/h5-9,11,13-16H,3-4H2,1-2H3. The fraction of sp³-hybridized carbons (Fsp3) is 0.917. The molecule has 8 heteroatoms. The Morgan fingerprint density at radius 3 is 2.40 bits per heavy atom. The third-order valence-electron chi connectivity index (χ3n) is 3.63. The van der Waals surface area contributed by atoms with Crippen LogP contribution in [0.5, 0.6) is 0 Å². The molecule has 0 bridgehead atoms. The Morgan fingerprint density at radius 2 is 1.90 bits per heavy atom. The Hall–Kier alpha value is -0.770. The van der Waals surface area contributed by atoms with Crippen LogP contribution in [0, 0.1) is 5.41 Å². The predicted octanol–water partition coefficient (Wildman–Crippen LogP) is -2.25. The van der Waals surface area contributed by atoms with Crippen molar-refractivity contribution in [1.29, 1.82) is 0 Å². The van der Waals surface area contributed by atoms with Gasteiger partial charge in [0.25, 0.3) is 0 Å². The lowest BCUT2D eigenvalue weighted by Crippen LogP contribution is -2.60. The van der Waals surface area contributed by atoms with Crippen LogP contribution in [0.3, 0.4) is 0 Å². The van der Waals surface area contributed by atoms with Crippen molar-refractivity contribution in [3.63, 3.8) is 0 Å². The Bertz CT molecular complexity index is 368. The zero-order valence-corrected chi connectivity index (χ0v) is 11.3. The van der Waals surface area contributed by atoms with Crippen LogP contribution >= 0.6 is 0 Å². The van der Waals surface area contributed by atoms with Crippen LogP contribution in [0.15, 0.2) is 0 Å². The highest BCUT2D eigenvalue weighted by molar-refractivity contribution is 5.77. The zero-order valence-electron chi connectivity index (χ0n) is 11.3. The number of esters is 1. The van der Waals surface area contributed by atoms with E-state index in [1.165, 1.54) is 0 Å². The number of aliphatic hydroxyl groups excluding tert-OH is 4. The van der Waals surface area contributed by atoms with Crippen molar-refractivity contribution in [2.45, 2.75) is 50.7 Å². The van der Waals surface area contributed by atoms with E-state index in [4.69, 9.17) is 19.3 Å². The van der Waals surface area contributed by atoms with Gasteiger partial charge in [-0.05, 0) is 0 Å². The molecule has 6 atom stereocenters. The van der Waals surface area contributed by atoms with Gasteiger partial charge in [-0.2, -0.15) is 0 Å². The summed E-state index contributed by atoms with van der Waals surface area (Å²) < 4.78 is 15.5. The van der Waals surface area contributed by atoms with Gasteiger partial charge in [0.1, 0.15) is 24.4 Å². The molecule has 0 amide bonds. The van der Waals surface area contributed by atoms with Crippen LogP contribution in [0.1, 0.15) is 13.8 Å². The summed E-state index contributed by atoms with van der Waals surface area (Å²) in [5.74, 6) is -0.577. The third kappa shape index (κ3) is 2.67. The maximum Gasteiger partial charge on any atom is 0.336 e. The first kappa shape index (κ1) is 15.6. The summed E-state index contributed by atoms with van der Waals surface area (Å²) in [6, 6.07) is 0. The van der Waals surface area contributed by atoms with Crippen molar-refractivity contribution >= 4 is 5.97 Å². The van der Waals surface area contributed by atoms with Crippen molar-refractivity contribution in [1.82, 2.24) is 0 Å². The smallest absolute Gasteiger partial charge is 0.336 e. The van der Waals surface area contributed by atoms with Gasteiger partial charge < -0.3 is 34.6 Å². The van der Waals surface area contributed by atoms with Crippen molar-refractivity contribution in [2.75, 3.05) is 13.2 Å². The van der Waals surface area contributed by atoms with E-state index in [1.807, 2.05) is 0 Å². The first-order chi connectivity index (χ1) is 9.27. The van der Waals surface area contributed by atoms with E-state index in [-0.39, 0.29) is 6.61 Å². The summed E-state index contributed by atoms with van der Waals surface area (Å²) in [6.07, 6.45) is -7.88. The Morgan fingerprint density at radius 1 is 1.25 bits per heavy atom. The normalized spacial score (nSPS) is 44.4. The van der Waals surface area contributed by atoms with E-state index in [2.05, 4.69) is 0 Å². The molecule has 2 rings (SSSR count). The van der Waals surface area contributed by atoms with E-state index in [0.29, 0.717) is 0 Å². The van der Waals surface area contributed by atoms with E-state index in [1.54, 1.807) is 13.8 Å². The number of carbonyl (C=O) groups excluding carboxylic acids is 1. The molecule has 8 nitrogen and oxygen atoms in total. The maximum atomic E-state index is 11.6. The third-order valence-corrected chi connectivity index (χ3v) is 3.63. The molecule has 4 N–H and O–H groups in total. The minimum atomic E-state index is -1.54. The molecular weight excluding hydrogens is 272 g/mol. The lowest BCUT2D eigenvalue weighted by molar-refractivity contribution is -0.313. The van der Waals surface area contributed by atoms with E-state index < -0.39 is 54.8 Å². The highest BCUT2D eigenvalue weighted by Crippen LogP contribution is 2.34. The van der Waals surface area contributed by atoms with Crippen molar-refractivity contribution < 1.29 is 39.4 Å². The fourth-order valence-electron chi connectivity index (χ4n) is 2.28. The molecule has 2 saturated heterocycles. The van der Waals surface area contributed by atoms with Crippen LogP contribution in [-0.2, 0) is 19.0 Å². The molecule has 0 spiro atoms. The van der Waals surface area contributed by atoms with Crippen molar-refractivity contribution in [3.05, 3.63) is 0 Å². The second-order valence-corrected chi connectivity index (χ2v) is 5.81. The minimum Gasteiger partial charge on any atom is -0.463 e. The molecule has 0 aliphatic carbocycles. The fourth-order valence-corrected chi connectivity index (χ4v) is 2.28. The van der Waals surface area contributed by atoms with Crippen LogP contribution in [-0.4, -0.2) is 76.4 Å². The summed E-state index contributed by atoms with van der Waals surface area (Å²) in [4.78, 5) is 11.6. The molecule has 6 unspecified atom stereocenters. The predicted molar refractivity (Wildman–Crippen MR) is 63.4 cm³/mol. The second kappa shape index (κ2) is 5.55. The van der Waals surface area contributed by atoms with Gasteiger partial charge in [0.2, 0.25) is 0 Å². The topological polar surface area (TPSA) is 126 Å². The van der Waals surface area contributed by atoms with Crippen molar-refractivity contribution in [3.8, 4) is 0 Å². The maximum absolute atomic E-state index is 11.6. The molecule has 2 aliphatic heterocycles. The average Bonchev–Trinajstić information content (AvgIpc) is 2.65. The number of ether oxygens (including phenoxy) is 3. The number of carbonyl (C=O) groups is 1. The summed E-state index contributed by atoms with van der Waals surface area (Å²) >= 11 is 0. The van der Waals surface area contributed by atoms with Gasteiger partial charge in [0.15, 0.2) is 12.4 Å². The number of cyclic esters (lactones) is 1. The van der Waals surface area contributed by atoms with Crippen molar-refractivity contribution in [2.24, 2.45) is 5.41 Å². The number of hydrogen-bond donors (Lipinski definition) is 4. The van der Waals surface area contributed by atoms with Crippen LogP contribution in [0.2, 0.25) is 0 Å². The molecule has 116 valence electrons. The van der Waals surface area contributed by atoms with Crippen LogP contribution in [0.25, 0.3) is 0 Å². The Balaban J connectivity index is 2.10. The Labute approximate surface area is 115 Å². The minimum absolute atomic E-state index is 0.175. The lowest BCUT2D eigenvalue weighted by atomic mass is 9.89. The average molecular weight is 292 g/mol. The molecule has 0 aromatic rings. The first-order valence-corrected chi connectivity index (χ1v) is 6.40. The van der Waals surface area contributed by atoms with Gasteiger partial charge in [-0.15, -0.1) is 0 Å². The first-order valence-electron chi connectivity index (χ1n) is 6.40. The second-order valence-electron chi connectivity index (χ2n) is 5.81. The molecule has 2 aliphatic rings.